The van der Waals surface area contributed by atoms with Gasteiger partial charge in [0.25, 0.3) is 5.91 Å². The number of ether oxygens (including phenoxy) is 1. The number of Topliss-reactive ketones (excluding diaryl/α,β-unsaturated/α-hetero) is 1. The van der Waals surface area contributed by atoms with Crippen molar-refractivity contribution in [3.8, 4) is 5.75 Å². The van der Waals surface area contributed by atoms with E-state index in [1.54, 1.807) is 20.1 Å². The van der Waals surface area contributed by atoms with Crippen LogP contribution in [0.15, 0.2) is 83.8 Å². The summed E-state index contributed by atoms with van der Waals surface area (Å²) in [5.74, 6) is 0.995. The monoisotopic (exact) mass is 405 g/mol. The third-order valence-corrected chi connectivity index (χ3v) is 5.64. The molecule has 0 unspecified atom stereocenters. The molecule has 0 aliphatic carbocycles. The van der Waals surface area contributed by atoms with Crippen LogP contribution < -0.4 is 10.1 Å². The van der Waals surface area contributed by atoms with Crippen molar-refractivity contribution in [2.24, 2.45) is 0 Å². The van der Waals surface area contributed by atoms with Crippen LogP contribution in [-0.4, -0.2) is 24.6 Å². The summed E-state index contributed by atoms with van der Waals surface area (Å²) >= 11 is 1.38. The van der Waals surface area contributed by atoms with E-state index in [9.17, 15) is 9.59 Å². The van der Waals surface area contributed by atoms with Crippen LogP contribution in [0.2, 0.25) is 0 Å². The zero-order chi connectivity index (χ0) is 20.6. The Kier molecular flexibility index (Phi) is 7.09. The van der Waals surface area contributed by atoms with Gasteiger partial charge in [-0.25, -0.2) is 0 Å². The molecule has 0 bridgehead atoms. The number of amides is 1. The number of carbonyl (C=O) groups excluding carboxylic acids is 2. The molecular weight excluding hydrogens is 382 g/mol. The second-order valence-corrected chi connectivity index (χ2v) is 7.59. The van der Waals surface area contributed by atoms with Gasteiger partial charge in [-0.3, -0.25) is 9.59 Å². The van der Waals surface area contributed by atoms with Crippen molar-refractivity contribution in [3.05, 3.63) is 95.6 Å². The summed E-state index contributed by atoms with van der Waals surface area (Å²) in [5.41, 5.74) is 2.51. The van der Waals surface area contributed by atoms with Gasteiger partial charge in [-0.05, 0) is 42.3 Å². The number of hydrogen-bond acceptors (Lipinski definition) is 4. The first-order chi connectivity index (χ1) is 14.1. The van der Waals surface area contributed by atoms with Gasteiger partial charge in [-0.2, -0.15) is 0 Å². The summed E-state index contributed by atoms with van der Waals surface area (Å²) in [4.78, 5) is 25.3. The molecule has 29 heavy (non-hydrogen) atoms. The minimum Gasteiger partial charge on any atom is -0.497 e. The molecule has 0 aliphatic heterocycles. The fourth-order valence-electron chi connectivity index (χ4n) is 2.97. The summed E-state index contributed by atoms with van der Waals surface area (Å²) in [6.07, 6.45) is 0. The lowest BCUT2D eigenvalue weighted by molar-refractivity contribution is -0.114. The quantitative estimate of drug-likeness (QED) is 0.542. The molecule has 0 saturated carbocycles. The van der Waals surface area contributed by atoms with Gasteiger partial charge in [0.05, 0.1) is 24.5 Å². The maximum absolute atomic E-state index is 13.2. The minimum atomic E-state index is -0.305. The summed E-state index contributed by atoms with van der Waals surface area (Å²) in [5, 5.41) is 3.15. The zero-order valence-corrected chi connectivity index (χ0v) is 17.2. The van der Waals surface area contributed by atoms with Crippen LogP contribution in [-0.2, 0) is 4.79 Å². The second-order valence-electron chi connectivity index (χ2n) is 6.58. The number of benzene rings is 3. The lowest BCUT2D eigenvalue weighted by atomic mass is 9.98. The number of rotatable bonds is 8. The second kappa shape index (κ2) is 9.94. The molecule has 4 nitrogen and oxygen atoms in total. The van der Waals surface area contributed by atoms with Crippen molar-refractivity contribution in [2.45, 2.75) is 17.9 Å². The third-order valence-electron chi connectivity index (χ3n) is 4.42. The van der Waals surface area contributed by atoms with Crippen LogP contribution in [0, 0.1) is 0 Å². The van der Waals surface area contributed by atoms with Crippen LogP contribution >= 0.6 is 11.8 Å². The van der Waals surface area contributed by atoms with Gasteiger partial charge in [0.15, 0.2) is 0 Å². The Morgan fingerprint density at radius 2 is 1.52 bits per heavy atom. The van der Waals surface area contributed by atoms with Crippen LogP contribution in [0.5, 0.6) is 5.75 Å². The van der Waals surface area contributed by atoms with Crippen molar-refractivity contribution >= 4 is 23.5 Å². The highest BCUT2D eigenvalue weighted by Gasteiger charge is 2.20. The van der Waals surface area contributed by atoms with E-state index in [0.717, 1.165) is 21.8 Å². The first kappa shape index (κ1) is 20.7. The van der Waals surface area contributed by atoms with Gasteiger partial charge >= 0.3 is 0 Å². The molecule has 1 amide bonds. The number of nitrogens with one attached hydrogen (secondary N) is 1. The Bertz CT molecular complexity index is 971. The normalized spacial score (nSPS) is 11.5. The number of ketones is 1. The SMILES string of the molecule is COc1ccc([C@H](NC(=O)c2ccccc2SCC(C)=O)c2ccccc2)cc1. The Morgan fingerprint density at radius 1 is 0.897 bits per heavy atom. The van der Waals surface area contributed by atoms with Crippen molar-refractivity contribution in [1.29, 1.82) is 0 Å². The molecule has 0 radical (unpaired) electrons. The molecule has 0 saturated heterocycles. The van der Waals surface area contributed by atoms with Crippen LogP contribution in [0.25, 0.3) is 0 Å². The molecular formula is C24H23NO3S. The van der Waals surface area contributed by atoms with Crippen molar-refractivity contribution in [3.63, 3.8) is 0 Å². The molecule has 0 fully saturated rings. The van der Waals surface area contributed by atoms with Gasteiger partial charge < -0.3 is 10.1 Å². The predicted molar refractivity (Wildman–Crippen MR) is 117 cm³/mol. The highest BCUT2D eigenvalue weighted by atomic mass is 32.2. The predicted octanol–water partition coefficient (Wildman–Crippen LogP) is 4.90. The van der Waals surface area contributed by atoms with Gasteiger partial charge in [0, 0.05) is 4.90 Å². The smallest absolute Gasteiger partial charge is 0.253 e. The van der Waals surface area contributed by atoms with Crippen LogP contribution in [0.4, 0.5) is 0 Å². The fraction of sp³-hybridized carbons (Fsp3) is 0.167. The molecule has 1 atom stereocenters. The Hall–Kier alpha value is -3.05. The highest BCUT2D eigenvalue weighted by Crippen LogP contribution is 2.27. The molecule has 5 heteroatoms. The summed E-state index contributed by atoms with van der Waals surface area (Å²) in [6.45, 7) is 1.55. The average molecular weight is 406 g/mol. The van der Waals surface area contributed by atoms with Crippen LogP contribution in [0.1, 0.15) is 34.5 Å². The topological polar surface area (TPSA) is 55.4 Å². The summed E-state index contributed by atoms with van der Waals surface area (Å²) in [7, 11) is 1.63. The van der Waals surface area contributed by atoms with E-state index in [2.05, 4.69) is 5.32 Å². The number of carbonyl (C=O) groups is 2. The number of thioether (sulfide) groups is 1. The van der Waals surface area contributed by atoms with Crippen LogP contribution in [0.3, 0.4) is 0 Å². The Morgan fingerprint density at radius 3 is 2.17 bits per heavy atom. The average Bonchev–Trinajstić information content (AvgIpc) is 2.77. The molecule has 0 aromatic heterocycles. The molecule has 0 spiro atoms. The van der Waals surface area contributed by atoms with Crippen molar-refractivity contribution in [2.75, 3.05) is 12.9 Å². The molecule has 148 valence electrons. The Labute approximate surface area is 175 Å². The van der Waals surface area contributed by atoms with Gasteiger partial charge in [-0.1, -0.05) is 54.6 Å². The molecule has 3 aromatic rings. The van der Waals surface area contributed by atoms with E-state index in [1.165, 1.54) is 11.8 Å². The Balaban J connectivity index is 1.90. The van der Waals surface area contributed by atoms with E-state index in [1.807, 2.05) is 72.8 Å². The van der Waals surface area contributed by atoms with E-state index >= 15 is 0 Å². The van der Waals surface area contributed by atoms with Crippen molar-refractivity contribution in [1.82, 2.24) is 5.32 Å². The first-order valence-corrected chi connectivity index (χ1v) is 10.3. The molecule has 3 rings (SSSR count). The van der Waals surface area contributed by atoms with Gasteiger partial charge in [0.2, 0.25) is 0 Å². The van der Waals surface area contributed by atoms with Gasteiger partial charge in [-0.15, -0.1) is 11.8 Å². The van der Waals surface area contributed by atoms with E-state index in [0.29, 0.717) is 11.3 Å². The maximum Gasteiger partial charge on any atom is 0.253 e. The maximum atomic E-state index is 13.2. The summed E-state index contributed by atoms with van der Waals surface area (Å²) in [6, 6.07) is 24.6. The third kappa shape index (κ3) is 5.48. The molecule has 0 heterocycles. The molecule has 1 N–H and O–H groups in total. The van der Waals surface area contributed by atoms with Gasteiger partial charge in [0.1, 0.15) is 11.5 Å². The summed E-state index contributed by atoms with van der Waals surface area (Å²) < 4.78 is 5.25. The van der Waals surface area contributed by atoms with E-state index < -0.39 is 0 Å². The van der Waals surface area contributed by atoms with Crippen molar-refractivity contribution < 1.29 is 14.3 Å². The highest BCUT2D eigenvalue weighted by molar-refractivity contribution is 8.00. The largest absolute Gasteiger partial charge is 0.497 e. The lowest BCUT2D eigenvalue weighted by Gasteiger charge is -2.21. The number of hydrogen-bond donors (Lipinski definition) is 1. The lowest BCUT2D eigenvalue weighted by Crippen LogP contribution is -2.29. The van der Waals surface area contributed by atoms with E-state index in [-0.39, 0.29) is 17.7 Å². The zero-order valence-electron chi connectivity index (χ0n) is 16.4. The first-order valence-electron chi connectivity index (χ1n) is 9.29. The minimum absolute atomic E-state index is 0.0746. The molecule has 3 aromatic carbocycles. The van der Waals surface area contributed by atoms with E-state index in [4.69, 9.17) is 4.74 Å². The molecule has 0 aliphatic rings. The fourth-order valence-corrected chi connectivity index (χ4v) is 3.82. The standard InChI is InChI=1S/C24H23NO3S/c1-17(26)16-29-22-11-7-6-10-21(22)24(27)25-23(18-8-4-3-5-9-18)19-12-14-20(28-2)15-13-19/h3-15,23H,16H2,1-2H3,(H,25,27)/t23-/m1/s1. The number of methoxy groups -OCH3 is 1.